The molecule has 0 saturated carbocycles. The summed E-state index contributed by atoms with van der Waals surface area (Å²) < 4.78 is 76.1. The van der Waals surface area contributed by atoms with Gasteiger partial charge >= 0.3 is 29.4 Å². The van der Waals surface area contributed by atoms with E-state index in [1.807, 2.05) is 0 Å². The molecule has 0 aromatic carbocycles. The van der Waals surface area contributed by atoms with Crippen LogP contribution in [0.15, 0.2) is 5.16 Å². The van der Waals surface area contributed by atoms with E-state index in [2.05, 4.69) is 13.6 Å². The highest BCUT2D eigenvalue weighted by Gasteiger charge is 2.65. The van der Waals surface area contributed by atoms with Gasteiger partial charge in [-0.3, -0.25) is 4.28 Å². The summed E-state index contributed by atoms with van der Waals surface area (Å²) in [6.45, 7) is 0. The first-order chi connectivity index (χ1) is 5.75. The van der Waals surface area contributed by atoms with Gasteiger partial charge in [-0.25, -0.2) is 0 Å². The molecule has 1 heterocycles. The van der Waals surface area contributed by atoms with Crippen molar-refractivity contribution in [3.8, 4) is 0 Å². The van der Waals surface area contributed by atoms with Crippen molar-refractivity contribution >= 4 is 17.3 Å². The molecule has 1 atom stereocenters. The van der Waals surface area contributed by atoms with Gasteiger partial charge in [0, 0.05) is 0 Å². The Kier molecular flexibility index (Phi) is 2.18. The zero-order chi connectivity index (χ0) is 10.3. The molecule has 0 N–H and O–H groups in total. The second-order valence-electron chi connectivity index (χ2n) is 1.83. The predicted octanol–water partition coefficient (Wildman–Crippen LogP) is 1.12. The standard InChI is InChI=1S/C3F5NO3S/c4-2(5,3(6,7)8)1-9-12-13(10)11-1. The van der Waals surface area contributed by atoms with Gasteiger partial charge in [0.1, 0.15) is 0 Å². The molecule has 0 spiro atoms. The van der Waals surface area contributed by atoms with Crippen molar-refractivity contribution in [3.05, 3.63) is 0 Å². The van der Waals surface area contributed by atoms with Crippen molar-refractivity contribution in [2.75, 3.05) is 0 Å². The number of oxime groups is 1. The zero-order valence-corrected chi connectivity index (χ0v) is 6.29. The summed E-state index contributed by atoms with van der Waals surface area (Å²) in [7, 11) is 0. The molecule has 0 bridgehead atoms. The molecule has 0 aliphatic carbocycles. The average molecular weight is 225 g/mol. The molecule has 0 aromatic rings. The quantitative estimate of drug-likeness (QED) is 0.628. The lowest BCUT2D eigenvalue weighted by Gasteiger charge is -2.15. The monoisotopic (exact) mass is 225 g/mol. The number of halogens is 5. The van der Waals surface area contributed by atoms with Crippen LogP contribution in [-0.4, -0.2) is 22.2 Å². The summed E-state index contributed by atoms with van der Waals surface area (Å²) in [5.41, 5.74) is 0. The van der Waals surface area contributed by atoms with E-state index in [4.69, 9.17) is 0 Å². The Labute approximate surface area is 70.2 Å². The molecule has 1 aliphatic heterocycles. The normalized spacial score (nSPS) is 23.5. The van der Waals surface area contributed by atoms with Crippen molar-refractivity contribution in [3.63, 3.8) is 0 Å². The predicted molar refractivity (Wildman–Crippen MR) is 28.7 cm³/mol. The Morgan fingerprint density at radius 3 is 2.08 bits per heavy atom. The molecule has 1 aliphatic rings. The minimum Gasteiger partial charge on any atom is -0.343 e. The summed E-state index contributed by atoms with van der Waals surface area (Å²) in [4.78, 5) is 0. The maximum Gasteiger partial charge on any atom is 0.463 e. The Morgan fingerprint density at radius 1 is 1.23 bits per heavy atom. The number of hydrogen-bond acceptors (Lipinski definition) is 4. The van der Waals surface area contributed by atoms with Gasteiger partial charge in [0.2, 0.25) is 0 Å². The molecular weight excluding hydrogens is 225 g/mol. The highest BCUT2D eigenvalue weighted by Crippen LogP contribution is 2.38. The lowest BCUT2D eigenvalue weighted by atomic mass is 10.3. The van der Waals surface area contributed by atoms with Crippen LogP contribution in [0.4, 0.5) is 22.0 Å². The number of rotatable bonds is 1. The van der Waals surface area contributed by atoms with E-state index in [0.717, 1.165) is 0 Å². The summed E-state index contributed by atoms with van der Waals surface area (Å²) >= 11 is -2.72. The highest BCUT2D eigenvalue weighted by molar-refractivity contribution is 7.75. The maximum absolute atomic E-state index is 12.2. The fourth-order valence-electron chi connectivity index (χ4n) is 0.390. The van der Waals surface area contributed by atoms with Gasteiger partial charge in [-0.15, -0.1) is 0 Å². The fourth-order valence-corrected chi connectivity index (χ4v) is 0.813. The van der Waals surface area contributed by atoms with E-state index < -0.39 is 29.4 Å². The van der Waals surface area contributed by atoms with Crippen LogP contribution < -0.4 is 0 Å². The smallest absolute Gasteiger partial charge is 0.343 e. The summed E-state index contributed by atoms with van der Waals surface area (Å²) in [5.74, 6) is -7.35. The maximum atomic E-state index is 12.2. The van der Waals surface area contributed by atoms with Gasteiger partial charge in [0.25, 0.3) is 0 Å². The van der Waals surface area contributed by atoms with Gasteiger partial charge in [-0.05, 0) is 5.16 Å². The van der Waals surface area contributed by atoms with Crippen LogP contribution in [0.25, 0.3) is 0 Å². The van der Waals surface area contributed by atoms with Crippen LogP contribution in [-0.2, 0) is 19.8 Å². The molecule has 0 fully saturated rings. The molecule has 10 heteroatoms. The molecule has 1 rings (SSSR count). The van der Waals surface area contributed by atoms with E-state index in [-0.39, 0.29) is 0 Å². The Balaban J connectivity index is 2.88. The third-order valence-corrected chi connectivity index (χ3v) is 1.44. The van der Waals surface area contributed by atoms with Crippen LogP contribution in [0.5, 0.6) is 0 Å². The van der Waals surface area contributed by atoms with Crippen LogP contribution in [0.2, 0.25) is 0 Å². The van der Waals surface area contributed by atoms with Gasteiger partial charge in [-0.1, -0.05) is 0 Å². The van der Waals surface area contributed by atoms with Gasteiger partial charge in [0.05, 0.1) is 0 Å². The van der Waals surface area contributed by atoms with Crippen LogP contribution in [0.1, 0.15) is 0 Å². The Bertz CT molecular complexity index is 273. The third kappa shape index (κ3) is 1.71. The summed E-state index contributed by atoms with van der Waals surface area (Å²) in [5, 5.41) is 2.18. The van der Waals surface area contributed by atoms with Crippen LogP contribution in [0.3, 0.4) is 0 Å². The number of alkyl halides is 5. The Morgan fingerprint density at radius 2 is 1.77 bits per heavy atom. The lowest BCUT2D eigenvalue weighted by molar-refractivity contribution is -0.253. The Hall–Kier alpha value is -0.930. The van der Waals surface area contributed by atoms with E-state index in [0.29, 0.717) is 0 Å². The topological polar surface area (TPSA) is 47.9 Å². The second-order valence-corrected chi connectivity index (χ2v) is 2.55. The molecule has 13 heavy (non-hydrogen) atoms. The molecule has 0 radical (unpaired) electrons. The first-order valence-electron chi connectivity index (χ1n) is 2.56. The van der Waals surface area contributed by atoms with Gasteiger partial charge in [0.15, 0.2) is 0 Å². The van der Waals surface area contributed by atoms with Crippen molar-refractivity contribution in [2.24, 2.45) is 5.16 Å². The van der Waals surface area contributed by atoms with Gasteiger partial charge < -0.3 is 4.18 Å². The first-order valence-corrected chi connectivity index (χ1v) is 3.56. The van der Waals surface area contributed by atoms with Gasteiger partial charge in [-0.2, -0.15) is 26.2 Å². The SMILES string of the molecule is O=S1ON=C(C(F)(F)C(F)(F)F)O1. The van der Waals surface area contributed by atoms with Crippen molar-refractivity contribution in [1.29, 1.82) is 0 Å². The highest BCUT2D eigenvalue weighted by atomic mass is 32.2. The minimum absolute atomic E-state index is 2.06. The van der Waals surface area contributed by atoms with E-state index in [9.17, 15) is 26.2 Å². The minimum atomic E-state index is -5.86. The molecular formula is C3F5NO3S. The summed E-state index contributed by atoms with van der Waals surface area (Å²) in [6, 6.07) is 0. The third-order valence-electron chi connectivity index (χ3n) is 0.953. The van der Waals surface area contributed by atoms with Crippen molar-refractivity contribution < 1.29 is 34.6 Å². The van der Waals surface area contributed by atoms with E-state index in [1.165, 1.54) is 0 Å². The summed E-state index contributed by atoms with van der Waals surface area (Å²) in [6.07, 6.45) is -5.86. The first kappa shape index (κ1) is 10.2. The molecule has 0 amide bonds. The molecule has 76 valence electrons. The number of nitrogens with zero attached hydrogens (tertiary/aromatic N) is 1. The largest absolute Gasteiger partial charge is 0.463 e. The van der Waals surface area contributed by atoms with E-state index in [1.54, 1.807) is 0 Å². The molecule has 1 unspecified atom stereocenters. The average Bonchev–Trinajstić information content (AvgIpc) is 2.33. The molecule has 0 saturated heterocycles. The fraction of sp³-hybridized carbons (Fsp3) is 0.667. The molecule has 0 aromatic heterocycles. The lowest BCUT2D eigenvalue weighted by Crippen LogP contribution is -2.44. The van der Waals surface area contributed by atoms with E-state index >= 15 is 0 Å². The van der Waals surface area contributed by atoms with Crippen LogP contribution >= 0.6 is 0 Å². The van der Waals surface area contributed by atoms with Crippen molar-refractivity contribution in [2.45, 2.75) is 12.1 Å². The zero-order valence-electron chi connectivity index (χ0n) is 5.47. The number of hydrogen-bond donors (Lipinski definition) is 0. The van der Waals surface area contributed by atoms with Crippen LogP contribution in [0, 0.1) is 0 Å². The second kappa shape index (κ2) is 2.79. The van der Waals surface area contributed by atoms with Crippen molar-refractivity contribution in [1.82, 2.24) is 0 Å². The molecule has 4 nitrogen and oxygen atoms in total.